The van der Waals surface area contributed by atoms with Gasteiger partial charge in [-0.3, -0.25) is 14.7 Å². The van der Waals surface area contributed by atoms with Gasteiger partial charge in [-0.25, -0.2) is 0 Å². The maximum absolute atomic E-state index is 12.1. The second-order valence-electron chi connectivity index (χ2n) is 6.99. The lowest BCUT2D eigenvalue weighted by Crippen LogP contribution is -2.51. The van der Waals surface area contributed by atoms with Gasteiger partial charge in [-0.05, 0) is 25.0 Å². The number of rotatable bonds is 5. The van der Waals surface area contributed by atoms with E-state index in [2.05, 4.69) is 25.3 Å². The molecule has 2 aromatic heterocycles. The van der Waals surface area contributed by atoms with Gasteiger partial charge in [0.15, 0.2) is 0 Å². The zero-order valence-corrected chi connectivity index (χ0v) is 14.2. The van der Waals surface area contributed by atoms with E-state index < -0.39 is 0 Å². The number of pyridine rings is 1. The summed E-state index contributed by atoms with van der Waals surface area (Å²) < 4.78 is 5.38. The van der Waals surface area contributed by atoms with Gasteiger partial charge < -0.3 is 9.84 Å². The molecule has 7 nitrogen and oxygen atoms in total. The Labute approximate surface area is 146 Å². The zero-order valence-electron chi connectivity index (χ0n) is 14.2. The maximum atomic E-state index is 12.1. The molecule has 2 aromatic rings. The fraction of sp³-hybridized carbons (Fsp3) is 0.556. The number of carbonyl (C=O) groups is 1. The van der Waals surface area contributed by atoms with E-state index in [4.69, 9.17) is 4.52 Å². The summed E-state index contributed by atoms with van der Waals surface area (Å²) in [4.78, 5) is 22.8. The SMILES string of the molecule is O=C(CN1CC(c2nc(-c3cccnc3)no2)C1)NC1CCCCC1. The highest BCUT2D eigenvalue weighted by Gasteiger charge is 2.34. The highest BCUT2D eigenvalue weighted by Crippen LogP contribution is 2.27. The molecule has 25 heavy (non-hydrogen) atoms. The number of nitrogens with zero attached hydrogens (tertiary/aromatic N) is 4. The minimum absolute atomic E-state index is 0.131. The summed E-state index contributed by atoms with van der Waals surface area (Å²) in [6.07, 6.45) is 9.43. The van der Waals surface area contributed by atoms with Gasteiger partial charge >= 0.3 is 0 Å². The Morgan fingerprint density at radius 3 is 2.88 bits per heavy atom. The van der Waals surface area contributed by atoms with Gasteiger partial charge in [-0.1, -0.05) is 24.4 Å². The summed E-state index contributed by atoms with van der Waals surface area (Å²) in [7, 11) is 0. The summed E-state index contributed by atoms with van der Waals surface area (Å²) in [5.41, 5.74) is 0.848. The van der Waals surface area contributed by atoms with E-state index in [0.717, 1.165) is 31.5 Å². The van der Waals surface area contributed by atoms with Crippen LogP contribution in [0.15, 0.2) is 29.0 Å². The van der Waals surface area contributed by atoms with E-state index in [1.54, 1.807) is 12.4 Å². The average molecular weight is 341 g/mol. The summed E-state index contributed by atoms with van der Waals surface area (Å²) in [6.45, 7) is 2.02. The standard InChI is InChI=1S/C18H23N5O2/c24-16(20-15-6-2-1-3-7-15)12-23-10-14(11-23)18-21-17(22-25-18)13-5-4-8-19-9-13/h4-5,8-9,14-15H,1-3,6-7,10-12H2,(H,20,24). The fourth-order valence-electron chi connectivity index (χ4n) is 3.59. The molecule has 1 aliphatic heterocycles. The van der Waals surface area contributed by atoms with E-state index in [9.17, 15) is 4.79 Å². The Kier molecular flexibility index (Phi) is 4.74. The van der Waals surface area contributed by atoms with Crippen molar-refractivity contribution in [3.63, 3.8) is 0 Å². The molecule has 2 aliphatic rings. The first-order valence-corrected chi connectivity index (χ1v) is 9.03. The van der Waals surface area contributed by atoms with Crippen LogP contribution in [-0.2, 0) is 4.79 Å². The quantitative estimate of drug-likeness (QED) is 0.895. The molecule has 2 fully saturated rings. The molecule has 0 aromatic carbocycles. The lowest BCUT2D eigenvalue weighted by atomic mass is 9.95. The number of carbonyl (C=O) groups excluding carboxylic acids is 1. The Hall–Kier alpha value is -2.28. The van der Waals surface area contributed by atoms with Crippen LogP contribution < -0.4 is 5.32 Å². The van der Waals surface area contributed by atoms with Gasteiger partial charge in [0.1, 0.15) is 0 Å². The third-order valence-corrected chi connectivity index (χ3v) is 5.01. The van der Waals surface area contributed by atoms with Crippen molar-refractivity contribution < 1.29 is 9.32 Å². The molecule has 1 saturated carbocycles. The lowest BCUT2D eigenvalue weighted by molar-refractivity contribution is -0.124. The normalized spacial score (nSPS) is 19.5. The van der Waals surface area contributed by atoms with Crippen molar-refractivity contribution in [3.8, 4) is 11.4 Å². The summed E-state index contributed by atoms with van der Waals surface area (Å²) in [5.74, 6) is 1.55. The maximum Gasteiger partial charge on any atom is 0.234 e. The monoisotopic (exact) mass is 341 g/mol. The largest absolute Gasteiger partial charge is 0.352 e. The minimum Gasteiger partial charge on any atom is -0.352 e. The number of hydrogen-bond donors (Lipinski definition) is 1. The van der Waals surface area contributed by atoms with Gasteiger partial charge in [0.05, 0.1) is 12.5 Å². The first-order valence-electron chi connectivity index (χ1n) is 9.03. The van der Waals surface area contributed by atoms with Crippen molar-refractivity contribution in [2.24, 2.45) is 0 Å². The topological polar surface area (TPSA) is 84.2 Å². The van der Waals surface area contributed by atoms with Crippen LogP contribution in [0.4, 0.5) is 0 Å². The van der Waals surface area contributed by atoms with E-state index in [1.165, 1.54) is 19.3 Å². The molecule has 0 atom stereocenters. The second-order valence-corrected chi connectivity index (χ2v) is 6.99. The van der Waals surface area contributed by atoms with Gasteiger partial charge in [-0.15, -0.1) is 0 Å². The van der Waals surface area contributed by atoms with E-state index in [1.807, 2.05) is 12.1 Å². The van der Waals surface area contributed by atoms with Crippen molar-refractivity contribution >= 4 is 5.91 Å². The van der Waals surface area contributed by atoms with Crippen LogP contribution in [0, 0.1) is 0 Å². The first-order chi connectivity index (χ1) is 12.3. The van der Waals surface area contributed by atoms with Crippen molar-refractivity contribution in [1.82, 2.24) is 25.3 Å². The Morgan fingerprint density at radius 1 is 1.28 bits per heavy atom. The van der Waals surface area contributed by atoms with Crippen LogP contribution in [-0.4, -0.2) is 51.6 Å². The zero-order chi connectivity index (χ0) is 17.1. The molecule has 3 heterocycles. The molecule has 1 amide bonds. The third-order valence-electron chi connectivity index (χ3n) is 5.01. The lowest BCUT2D eigenvalue weighted by Gasteiger charge is -2.36. The molecule has 0 bridgehead atoms. The van der Waals surface area contributed by atoms with Gasteiger partial charge in [0, 0.05) is 37.1 Å². The molecule has 4 rings (SSSR count). The van der Waals surface area contributed by atoms with Crippen molar-refractivity contribution in [2.75, 3.05) is 19.6 Å². The Morgan fingerprint density at radius 2 is 2.12 bits per heavy atom. The summed E-state index contributed by atoms with van der Waals surface area (Å²) >= 11 is 0. The van der Waals surface area contributed by atoms with Crippen LogP contribution in [0.2, 0.25) is 0 Å². The third kappa shape index (κ3) is 3.87. The minimum atomic E-state index is 0.131. The molecule has 0 unspecified atom stereocenters. The summed E-state index contributed by atoms with van der Waals surface area (Å²) in [6, 6.07) is 4.13. The van der Waals surface area contributed by atoms with Gasteiger partial charge in [-0.2, -0.15) is 4.98 Å². The molecule has 0 spiro atoms. The molecule has 1 saturated heterocycles. The Bertz CT molecular complexity index is 705. The smallest absolute Gasteiger partial charge is 0.234 e. The number of amides is 1. The van der Waals surface area contributed by atoms with Crippen molar-refractivity contribution in [1.29, 1.82) is 0 Å². The molecule has 0 radical (unpaired) electrons. The van der Waals surface area contributed by atoms with Crippen LogP contribution >= 0.6 is 0 Å². The van der Waals surface area contributed by atoms with E-state index in [-0.39, 0.29) is 11.8 Å². The molecular weight excluding hydrogens is 318 g/mol. The van der Waals surface area contributed by atoms with Crippen LogP contribution in [0.1, 0.15) is 43.9 Å². The van der Waals surface area contributed by atoms with E-state index in [0.29, 0.717) is 24.3 Å². The predicted octanol–water partition coefficient (Wildman–Crippen LogP) is 1.98. The molecular formula is C18H23N5O2. The van der Waals surface area contributed by atoms with Crippen molar-refractivity contribution in [2.45, 2.75) is 44.1 Å². The van der Waals surface area contributed by atoms with Crippen LogP contribution in [0.3, 0.4) is 0 Å². The number of nitrogens with one attached hydrogen (secondary N) is 1. The predicted molar refractivity (Wildman–Crippen MR) is 91.7 cm³/mol. The molecule has 1 aliphatic carbocycles. The molecule has 7 heteroatoms. The fourth-order valence-corrected chi connectivity index (χ4v) is 3.59. The van der Waals surface area contributed by atoms with Crippen LogP contribution in [0.5, 0.6) is 0 Å². The number of hydrogen-bond acceptors (Lipinski definition) is 6. The summed E-state index contributed by atoms with van der Waals surface area (Å²) in [5, 5.41) is 7.19. The van der Waals surface area contributed by atoms with E-state index >= 15 is 0 Å². The number of aromatic nitrogens is 3. The molecule has 1 N–H and O–H groups in total. The highest BCUT2D eigenvalue weighted by molar-refractivity contribution is 5.78. The average Bonchev–Trinajstić information content (AvgIpc) is 3.09. The number of likely N-dealkylation sites (tertiary alicyclic amines) is 1. The first kappa shape index (κ1) is 16.2. The second kappa shape index (κ2) is 7.31. The van der Waals surface area contributed by atoms with Crippen molar-refractivity contribution in [3.05, 3.63) is 30.4 Å². The van der Waals surface area contributed by atoms with Gasteiger partial charge in [0.25, 0.3) is 0 Å². The molecule has 132 valence electrons. The van der Waals surface area contributed by atoms with Crippen LogP contribution in [0.25, 0.3) is 11.4 Å². The Balaban J connectivity index is 1.25. The van der Waals surface area contributed by atoms with Gasteiger partial charge in [0.2, 0.25) is 17.6 Å². The highest BCUT2D eigenvalue weighted by atomic mass is 16.5.